The van der Waals surface area contributed by atoms with Crippen LogP contribution in [0.1, 0.15) is 30.6 Å². The largest absolute Gasteiger partial charge is 0.481 e. The zero-order valence-corrected chi connectivity index (χ0v) is 26.3. The van der Waals surface area contributed by atoms with Crippen LogP contribution >= 0.6 is 0 Å². The zero-order chi connectivity index (χ0) is 33.7. The summed E-state index contributed by atoms with van der Waals surface area (Å²) >= 11 is 0. The number of aliphatic hydroxyl groups is 5. The number of nitrogens with one attached hydrogen (secondary N) is 1. The van der Waals surface area contributed by atoms with Gasteiger partial charge in [0.25, 0.3) is 0 Å². The molecule has 14 heteroatoms. The number of ether oxygens (including phenoxy) is 1. The Bertz CT molecular complexity index is 1780. The summed E-state index contributed by atoms with van der Waals surface area (Å²) in [7, 11) is 0. The van der Waals surface area contributed by atoms with Gasteiger partial charge in [-0.25, -0.2) is 9.78 Å². The molecular formula is C34H39N3O11. The van der Waals surface area contributed by atoms with Gasteiger partial charge in [0.2, 0.25) is 5.91 Å². The van der Waals surface area contributed by atoms with Gasteiger partial charge in [-0.3, -0.25) is 14.6 Å². The first-order valence-corrected chi connectivity index (χ1v) is 16.1. The molecule has 1 saturated heterocycles. The minimum atomic E-state index is -1.83. The molecule has 0 bridgehead atoms. The highest BCUT2D eigenvalue weighted by molar-refractivity contribution is 6.12. The highest BCUT2D eigenvalue weighted by Gasteiger charge is 2.51. The fourth-order valence-electron chi connectivity index (χ4n) is 7.32. The van der Waals surface area contributed by atoms with Crippen molar-refractivity contribution in [2.24, 2.45) is 16.8 Å². The molecule has 1 aromatic heterocycles. The average Bonchev–Trinajstić information content (AvgIpc) is 3.80. The Labute approximate surface area is 275 Å². The van der Waals surface area contributed by atoms with Crippen LogP contribution in [0.3, 0.4) is 0 Å². The van der Waals surface area contributed by atoms with Crippen LogP contribution in [0.25, 0.3) is 11.0 Å². The van der Waals surface area contributed by atoms with Crippen molar-refractivity contribution in [3.63, 3.8) is 0 Å². The third-order valence-corrected chi connectivity index (χ3v) is 9.96. The molecule has 256 valence electrons. The fourth-order valence-corrected chi connectivity index (χ4v) is 7.32. The van der Waals surface area contributed by atoms with Crippen LogP contribution in [-0.2, 0) is 21.0 Å². The van der Waals surface area contributed by atoms with Crippen molar-refractivity contribution >= 4 is 28.3 Å². The number of fused-ring (bicyclic) bond motifs is 3. The lowest BCUT2D eigenvalue weighted by Gasteiger charge is -2.47. The van der Waals surface area contributed by atoms with Crippen molar-refractivity contribution in [3.05, 3.63) is 69.9 Å². The highest BCUT2D eigenvalue weighted by atomic mass is 17.2. The van der Waals surface area contributed by atoms with E-state index in [0.717, 1.165) is 11.3 Å². The Kier molecular flexibility index (Phi) is 8.74. The first-order chi connectivity index (χ1) is 23.1. The molecule has 0 radical (unpaired) electrons. The number of aliphatic imine (C=N–C) groups is 1. The van der Waals surface area contributed by atoms with Crippen molar-refractivity contribution in [2.45, 2.75) is 68.7 Å². The molecule has 1 spiro atoms. The number of allylic oxidation sites excluding steroid dienone is 2. The summed E-state index contributed by atoms with van der Waals surface area (Å²) in [5.41, 5.74) is 2.27. The van der Waals surface area contributed by atoms with Crippen LogP contribution in [0.5, 0.6) is 5.75 Å². The second-order valence-corrected chi connectivity index (χ2v) is 13.2. The van der Waals surface area contributed by atoms with E-state index >= 15 is 0 Å². The number of hydrogen-bond acceptors (Lipinski definition) is 13. The molecule has 0 saturated carbocycles. The van der Waals surface area contributed by atoms with Crippen LogP contribution in [0, 0.1) is 18.8 Å². The van der Waals surface area contributed by atoms with Gasteiger partial charge in [-0.2, -0.15) is 0 Å². The van der Waals surface area contributed by atoms with E-state index < -0.39 is 49.3 Å². The Balaban J connectivity index is 1.25. The van der Waals surface area contributed by atoms with Gasteiger partial charge in [0.1, 0.15) is 54.2 Å². The number of carbonyl (C=O) groups excluding carboxylic acids is 1. The van der Waals surface area contributed by atoms with Crippen molar-refractivity contribution in [2.75, 3.05) is 31.2 Å². The number of aryl methyl sites for hydroxylation is 1. The first kappa shape index (κ1) is 32.6. The van der Waals surface area contributed by atoms with Crippen LogP contribution < -0.4 is 20.4 Å². The third-order valence-electron chi connectivity index (χ3n) is 9.96. The minimum Gasteiger partial charge on any atom is -0.481 e. The van der Waals surface area contributed by atoms with Crippen LogP contribution in [0.4, 0.5) is 5.69 Å². The van der Waals surface area contributed by atoms with E-state index in [1.165, 1.54) is 6.07 Å². The maximum Gasteiger partial charge on any atom is 0.220 e. The second kappa shape index (κ2) is 12.9. The maximum atomic E-state index is 13.3. The Morgan fingerprint density at radius 1 is 1.15 bits per heavy atom. The van der Waals surface area contributed by atoms with E-state index in [9.17, 15) is 30.0 Å². The van der Waals surface area contributed by atoms with Crippen molar-refractivity contribution in [3.8, 4) is 5.75 Å². The number of benzene rings is 1. The van der Waals surface area contributed by atoms with Crippen molar-refractivity contribution in [1.29, 1.82) is 0 Å². The summed E-state index contributed by atoms with van der Waals surface area (Å²) in [5, 5.41) is 52.9. The number of rotatable bonds is 10. The van der Waals surface area contributed by atoms with Gasteiger partial charge in [-0.1, -0.05) is 12.2 Å². The van der Waals surface area contributed by atoms with Gasteiger partial charge in [0.15, 0.2) is 16.8 Å². The zero-order valence-electron chi connectivity index (χ0n) is 26.3. The fraction of sp³-hybridized carbons (Fsp3) is 0.500. The molecule has 1 amide bonds. The molecule has 7 rings (SSSR count). The molecule has 1 fully saturated rings. The van der Waals surface area contributed by atoms with Gasteiger partial charge >= 0.3 is 0 Å². The predicted octanol–water partition coefficient (Wildman–Crippen LogP) is 0.302. The Morgan fingerprint density at radius 3 is 2.71 bits per heavy atom. The van der Waals surface area contributed by atoms with E-state index in [1.807, 2.05) is 23.3 Å². The Hall–Kier alpha value is -3.89. The van der Waals surface area contributed by atoms with Crippen LogP contribution in [-0.4, -0.2) is 99.6 Å². The third kappa shape index (κ3) is 5.87. The number of aliphatic hydroxyl groups excluding tert-OH is 5. The van der Waals surface area contributed by atoms with Gasteiger partial charge in [-0.15, -0.1) is 0 Å². The normalized spacial score (nSPS) is 28.5. The highest BCUT2D eigenvalue weighted by Crippen LogP contribution is 2.51. The van der Waals surface area contributed by atoms with E-state index in [-0.39, 0.29) is 29.6 Å². The number of amides is 1. The number of carbonyl (C=O) groups is 1. The molecule has 14 nitrogen and oxygen atoms in total. The molecule has 5 aliphatic rings. The summed E-state index contributed by atoms with van der Waals surface area (Å²) in [6, 6.07) is 3.18. The lowest BCUT2D eigenvalue weighted by atomic mass is 9.71. The van der Waals surface area contributed by atoms with Gasteiger partial charge in [0.05, 0.1) is 24.2 Å². The molecule has 0 unspecified atom stereocenters. The molecule has 8 atom stereocenters. The van der Waals surface area contributed by atoms with Crippen LogP contribution in [0.2, 0.25) is 0 Å². The standard InChI is InChI=1S/C34H39N3O11/c1-17-7-24(39)22-8-20-9-27(48-45-16-26(41)31(44)30(43)25(40)15-38)34(5-2-3-18(11-34)21-10-28(42)36-12-21)47-32(20)29(33(22)46-17)37-13-19-4-6-35-23(19)14-37/h2-4,6-8,13,18,21,25-27,30-31,38,40-41,43-44H,5,9-12,14-16H2,1H3,(H,36,42)/t18-,21-,25-,26+,27-,30-,31-,34+/m1/s1. The van der Waals surface area contributed by atoms with Crippen molar-refractivity contribution in [1.82, 2.24) is 5.32 Å². The lowest BCUT2D eigenvalue weighted by Crippen LogP contribution is -2.55. The summed E-state index contributed by atoms with van der Waals surface area (Å²) in [6.45, 7) is 1.32. The number of anilines is 1. The van der Waals surface area contributed by atoms with E-state index in [0.29, 0.717) is 66.1 Å². The summed E-state index contributed by atoms with van der Waals surface area (Å²) < 4.78 is 13.3. The summed E-state index contributed by atoms with van der Waals surface area (Å²) in [6.07, 6.45) is 3.50. The Morgan fingerprint density at radius 2 is 1.96 bits per heavy atom. The maximum absolute atomic E-state index is 13.3. The molecule has 1 aromatic carbocycles. The average molecular weight is 666 g/mol. The number of nitrogens with zero attached hydrogens (tertiary/aromatic N) is 2. The van der Waals surface area contributed by atoms with Crippen molar-refractivity contribution < 1.29 is 49.3 Å². The summed E-state index contributed by atoms with van der Waals surface area (Å²) in [5.74, 6) is 0.977. The second-order valence-electron chi connectivity index (χ2n) is 13.2. The van der Waals surface area contributed by atoms with E-state index in [1.54, 1.807) is 19.2 Å². The van der Waals surface area contributed by atoms with Gasteiger partial charge < -0.3 is 44.9 Å². The van der Waals surface area contributed by atoms with Gasteiger partial charge in [-0.05, 0) is 37.3 Å². The smallest absolute Gasteiger partial charge is 0.220 e. The first-order valence-electron chi connectivity index (χ1n) is 16.1. The quantitative estimate of drug-likeness (QED) is 0.115. The molecule has 6 N–H and O–H groups in total. The predicted molar refractivity (Wildman–Crippen MR) is 171 cm³/mol. The molecular weight excluding hydrogens is 626 g/mol. The van der Waals surface area contributed by atoms with E-state index in [4.69, 9.17) is 24.0 Å². The topological polar surface area (TPSA) is 204 Å². The monoisotopic (exact) mass is 665 g/mol. The van der Waals surface area contributed by atoms with Crippen LogP contribution in [0.15, 0.2) is 62.5 Å². The lowest BCUT2D eigenvalue weighted by molar-refractivity contribution is -0.363. The molecule has 1 aliphatic carbocycles. The minimum absolute atomic E-state index is 0.0103. The summed E-state index contributed by atoms with van der Waals surface area (Å²) in [4.78, 5) is 43.4. The SMILES string of the molecule is Cc1cc(=O)c2cc3c(c(N4C=C5C=CN=C5C4)c2o1)O[C@]1(CC=C[C@@H]([C@H]2CNC(=O)C2)C1)[C@H](OOC[C@H](O)[C@@H](O)[C@H](O)[C@H](O)CO)C3. The molecule has 2 aromatic rings. The van der Waals surface area contributed by atoms with Gasteiger partial charge in [0, 0.05) is 55.4 Å². The molecule has 4 aliphatic heterocycles. The number of hydrogen-bond donors (Lipinski definition) is 6. The van der Waals surface area contributed by atoms with E-state index in [2.05, 4.69) is 16.4 Å². The molecule has 48 heavy (non-hydrogen) atoms. The molecule has 5 heterocycles.